The number of aromatic carboxylic acids is 1. The van der Waals surface area contributed by atoms with Gasteiger partial charge in [-0.2, -0.15) is 10.2 Å². The lowest BCUT2D eigenvalue weighted by atomic mass is 9.99. The minimum atomic E-state index is -1.38. The molecule has 0 amide bonds. The summed E-state index contributed by atoms with van der Waals surface area (Å²) >= 11 is 0. The van der Waals surface area contributed by atoms with Crippen LogP contribution in [0, 0.1) is 21.4 Å². The number of nitriles is 1. The molecule has 0 atom stereocenters. The molecule has 5 N–H and O–H groups in total. The summed E-state index contributed by atoms with van der Waals surface area (Å²) in [6.07, 6.45) is 0. The molecule has 3 rings (SSSR count). The van der Waals surface area contributed by atoms with Crippen molar-refractivity contribution < 1.29 is 14.8 Å². The number of hydrogen-bond acceptors (Lipinski definition) is 8. The molecule has 0 aliphatic rings. The standard InChI is InChI=1S/C18H12N6O4/c19-8-13-15(22-18(21)23-16(13)20)10-3-1-9(2-4-10)11-5-6-12(17(25)26)14(7-11)24(27)28/h1-7H,(H,25,26)(H4,20,21,22,23). The third-order valence-electron chi connectivity index (χ3n) is 3.98. The minimum absolute atomic E-state index is 0.0334. The number of benzene rings is 2. The van der Waals surface area contributed by atoms with Gasteiger partial charge in [0.05, 0.1) is 10.6 Å². The number of nitrogen functional groups attached to an aromatic ring is 2. The van der Waals surface area contributed by atoms with Crippen molar-refractivity contribution in [2.75, 3.05) is 11.5 Å². The van der Waals surface area contributed by atoms with E-state index < -0.39 is 22.1 Å². The highest BCUT2D eigenvalue weighted by molar-refractivity contribution is 5.93. The molecule has 3 aromatic rings. The molecule has 10 nitrogen and oxygen atoms in total. The Morgan fingerprint density at radius 1 is 1.07 bits per heavy atom. The third kappa shape index (κ3) is 3.27. The first kappa shape index (κ1) is 18.3. The van der Waals surface area contributed by atoms with E-state index in [4.69, 9.17) is 16.6 Å². The zero-order valence-electron chi connectivity index (χ0n) is 14.2. The van der Waals surface area contributed by atoms with Crippen LogP contribution in [0.1, 0.15) is 15.9 Å². The van der Waals surface area contributed by atoms with Gasteiger partial charge in [-0.05, 0) is 17.2 Å². The Morgan fingerprint density at radius 3 is 2.25 bits per heavy atom. The number of nitro benzene ring substituents is 1. The predicted molar refractivity (Wildman–Crippen MR) is 100 cm³/mol. The first-order chi connectivity index (χ1) is 13.3. The lowest BCUT2D eigenvalue weighted by Crippen LogP contribution is -2.05. The number of rotatable bonds is 4. The van der Waals surface area contributed by atoms with E-state index in [1.165, 1.54) is 18.2 Å². The Bertz CT molecular complexity index is 1150. The van der Waals surface area contributed by atoms with Crippen molar-refractivity contribution in [1.29, 1.82) is 5.26 Å². The fourth-order valence-electron chi connectivity index (χ4n) is 2.68. The smallest absolute Gasteiger partial charge is 0.342 e. The van der Waals surface area contributed by atoms with E-state index in [2.05, 4.69) is 9.97 Å². The number of carbonyl (C=O) groups is 1. The molecule has 28 heavy (non-hydrogen) atoms. The normalized spacial score (nSPS) is 10.2. The number of hydrogen-bond donors (Lipinski definition) is 3. The lowest BCUT2D eigenvalue weighted by Gasteiger charge is -2.08. The van der Waals surface area contributed by atoms with Gasteiger partial charge < -0.3 is 16.6 Å². The summed E-state index contributed by atoms with van der Waals surface area (Å²) in [6.45, 7) is 0. The van der Waals surface area contributed by atoms with Crippen molar-refractivity contribution in [3.63, 3.8) is 0 Å². The molecule has 10 heteroatoms. The number of carboxylic acids is 1. The summed E-state index contributed by atoms with van der Waals surface area (Å²) in [5.74, 6) is -1.49. The van der Waals surface area contributed by atoms with Gasteiger partial charge in [-0.1, -0.05) is 30.3 Å². The number of aromatic nitrogens is 2. The van der Waals surface area contributed by atoms with Gasteiger partial charge in [0, 0.05) is 11.6 Å². The van der Waals surface area contributed by atoms with Crippen molar-refractivity contribution in [3.05, 3.63) is 63.7 Å². The Labute approximate surface area is 157 Å². The van der Waals surface area contributed by atoms with Crippen molar-refractivity contribution in [1.82, 2.24) is 9.97 Å². The summed E-state index contributed by atoms with van der Waals surface area (Å²) in [5, 5.41) is 29.5. The average Bonchev–Trinajstić information content (AvgIpc) is 2.67. The van der Waals surface area contributed by atoms with E-state index in [-0.39, 0.29) is 23.0 Å². The highest BCUT2D eigenvalue weighted by Gasteiger charge is 2.20. The Kier molecular flexibility index (Phi) is 4.57. The summed E-state index contributed by atoms with van der Waals surface area (Å²) in [7, 11) is 0. The van der Waals surface area contributed by atoms with Gasteiger partial charge in [0.15, 0.2) is 0 Å². The summed E-state index contributed by atoms with van der Waals surface area (Å²) in [6, 6.07) is 12.4. The Balaban J connectivity index is 2.05. The number of anilines is 2. The van der Waals surface area contributed by atoms with Crippen LogP contribution < -0.4 is 11.5 Å². The van der Waals surface area contributed by atoms with Crippen LogP contribution in [-0.2, 0) is 0 Å². The second kappa shape index (κ2) is 7.00. The predicted octanol–water partition coefficient (Wildman–Crippen LogP) is 2.45. The van der Waals surface area contributed by atoms with Crippen molar-refractivity contribution in [3.8, 4) is 28.5 Å². The lowest BCUT2D eigenvalue weighted by molar-refractivity contribution is -0.385. The molecule has 0 saturated carbocycles. The van der Waals surface area contributed by atoms with E-state index in [9.17, 15) is 20.2 Å². The fourth-order valence-corrected chi connectivity index (χ4v) is 2.68. The topological polar surface area (TPSA) is 182 Å². The molecular formula is C18H12N6O4. The second-order valence-electron chi connectivity index (χ2n) is 5.67. The highest BCUT2D eigenvalue weighted by Crippen LogP contribution is 2.30. The average molecular weight is 376 g/mol. The molecule has 0 fully saturated rings. The molecular weight excluding hydrogens is 364 g/mol. The highest BCUT2D eigenvalue weighted by atomic mass is 16.6. The van der Waals surface area contributed by atoms with Crippen LogP contribution in [0.4, 0.5) is 17.5 Å². The van der Waals surface area contributed by atoms with Gasteiger partial charge in [-0.3, -0.25) is 10.1 Å². The summed E-state index contributed by atoms with van der Waals surface area (Å²) < 4.78 is 0. The zero-order valence-corrected chi connectivity index (χ0v) is 14.2. The minimum Gasteiger partial charge on any atom is -0.477 e. The van der Waals surface area contributed by atoms with Gasteiger partial charge in [0.1, 0.15) is 23.0 Å². The van der Waals surface area contributed by atoms with Gasteiger partial charge >= 0.3 is 5.97 Å². The molecule has 0 aliphatic heterocycles. The van der Waals surface area contributed by atoms with Crippen LogP contribution in [0.15, 0.2) is 42.5 Å². The van der Waals surface area contributed by atoms with E-state index in [1.54, 1.807) is 24.3 Å². The molecule has 2 aromatic carbocycles. The number of nitrogens with two attached hydrogens (primary N) is 2. The number of nitro groups is 1. The van der Waals surface area contributed by atoms with E-state index in [0.29, 0.717) is 16.7 Å². The van der Waals surface area contributed by atoms with Crippen LogP contribution >= 0.6 is 0 Å². The summed E-state index contributed by atoms with van der Waals surface area (Å²) in [4.78, 5) is 29.4. The van der Waals surface area contributed by atoms with Crippen LogP contribution in [0.25, 0.3) is 22.4 Å². The Hall–Kier alpha value is -4.52. The molecule has 0 aliphatic carbocycles. The van der Waals surface area contributed by atoms with Crippen molar-refractivity contribution >= 4 is 23.4 Å². The van der Waals surface area contributed by atoms with Crippen LogP contribution in [0.5, 0.6) is 0 Å². The second-order valence-corrected chi connectivity index (χ2v) is 5.67. The largest absolute Gasteiger partial charge is 0.477 e. The quantitative estimate of drug-likeness (QED) is 0.454. The van der Waals surface area contributed by atoms with Crippen LogP contribution in [-0.4, -0.2) is 26.0 Å². The molecule has 0 spiro atoms. The van der Waals surface area contributed by atoms with E-state index in [0.717, 1.165) is 0 Å². The van der Waals surface area contributed by atoms with Gasteiger partial charge in [0.25, 0.3) is 5.69 Å². The Morgan fingerprint density at radius 2 is 1.68 bits per heavy atom. The SMILES string of the molecule is N#Cc1c(N)nc(N)nc1-c1ccc(-c2ccc(C(=O)O)c([N+](=O)[O-])c2)cc1. The third-order valence-corrected chi connectivity index (χ3v) is 3.98. The first-order valence-electron chi connectivity index (χ1n) is 7.77. The first-order valence-corrected chi connectivity index (χ1v) is 7.77. The molecule has 1 aromatic heterocycles. The van der Waals surface area contributed by atoms with Crippen LogP contribution in [0.2, 0.25) is 0 Å². The summed E-state index contributed by atoms with van der Waals surface area (Å²) in [5.41, 5.74) is 12.4. The van der Waals surface area contributed by atoms with Gasteiger partial charge in [-0.15, -0.1) is 0 Å². The molecule has 0 saturated heterocycles. The fraction of sp³-hybridized carbons (Fsp3) is 0. The van der Waals surface area contributed by atoms with Gasteiger partial charge in [-0.25, -0.2) is 9.78 Å². The molecule has 1 heterocycles. The molecule has 0 radical (unpaired) electrons. The molecule has 0 unspecified atom stereocenters. The monoisotopic (exact) mass is 376 g/mol. The molecule has 138 valence electrons. The zero-order chi connectivity index (χ0) is 20.4. The van der Waals surface area contributed by atoms with Crippen molar-refractivity contribution in [2.24, 2.45) is 0 Å². The van der Waals surface area contributed by atoms with Gasteiger partial charge in [0.2, 0.25) is 5.95 Å². The van der Waals surface area contributed by atoms with Crippen LogP contribution in [0.3, 0.4) is 0 Å². The molecule has 0 bridgehead atoms. The maximum Gasteiger partial charge on any atom is 0.342 e. The number of nitrogens with zero attached hydrogens (tertiary/aromatic N) is 4. The maximum absolute atomic E-state index is 11.2. The van der Waals surface area contributed by atoms with Crippen molar-refractivity contribution in [2.45, 2.75) is 0 Å². The number of carboxylic acid groups (broad SMARTS) is 1. The van der Waals surface area contributed by atoms with E-state index in [1.807, 2.05) is 6.07 Å². The van der Waals surface area contributed by atoms with E-state index >= 15 is 0 Å². The maximum atomic E-state index is 11.2.